The van der Waals surface area contributed by atoms with Gasteiger partial charge in [0.1, 0.15) is 5.52 Å². The number of piperidine rings is 1. The molecule has 1 unspecified atom stereocenters. The van der Waals surface area contributed by atoms with Crippen molar-refractivity contribution in [2.24, 2.45) is 5.92 Å². The molecule has 37 heavy (non-hydrogen) atoms. The van der Waals surface area contributed by atoms with E-state index in [1.807, 2.05) is 0 Å². The summed E-state index contributed by atoms with van der Waals surface area (Å²) in [5.74, 6) is -1.24. The number of ether oxygens (including phenoxy) is 2. The van der Waals surface area contributed by atoms with E-state index >= 15 is 0 Å². The van der Waals surface area contributed by atoms with Crippen LogP contribution in [0.5, 0.6) is 5.75 Å². The van der Waals surface area contributed by atoms with Crippen LogP contribution in [0.1, 0.15) is 30.1 Å². The van der Waals surface area contributed by atoms with Gasteiger partial charge in [0, 0.05) is 24.7 Å². The Morgan fingerprint density at radius 1 is 1.27 bits per heavy atom. The quantitative estimate of drug-likeness (QED) is 0.253. The van der Waals surface area contributed by atoms with Gasteiger partial charge in [0.25, 0.3) is 11.6 Å². The molecule has 0 radical (unpaired) electrons. The topological polar surface area (TPSA) is 158 Å². The molecular weight excluding hydrogens is 524 g/mol. The second kappa shape index (κ2) is 10.8. The van der Waals surface area contributed by atoms with Gasteiger partial charge >= 0.3 is 5.97 Å². The molecule has 2 aromatic carbocycles. The summed E-state index contributed by atoms with van der Waals surface area (Å²) >= 11 is 1.05. The number of carbonyl (C=O) groups excluding carboxylic acids is 2. The molecular formula is C23H24N4O8S2. The minimum Gasteiger partial charge on any atom is -0.494 e. The molecule has 1 atom stereocenters. The SMILES string of the molecule is CCOC(=O)C1CCCN(S(=O)(=O)c2ccc(C(=O)Nc3nc4c(OC)cc([N+](=O)[O-])cc4s3)cc2)C1. The number of methoxy groups -OCH3 is 1. The average Bonchev–Trinajstić information content (AvgIpc) is 3.30. The third kappa shape index (κ3) is 5.55. The van der Waals surface area contributed by atoms with Crippen molar-refractivity contribution in [1.82, 2.24) is 9.29 Å². The number of aromatic nitrogens is 1. The monoisotopic (exact) mass is 548 g/mol. The zero-order chi connectivity index (χ0) is 26.7. The number of hydrogen-bond donors (Lipinski definition) is 1. The fraction of sp³-hybridized carbons (Fsp3) is 0.348. The number of benzene rings is 2. The third-order valence-corrected chi connectivity index (χ3v) is 8.65. The van der Waals surface area contributed by atoms with Crippen LogP contribution in [0.25, 0.3) is 10.2 Å². The van der Waals surface area contributed by atoms with Crippen molar-refractivity contribution in [2.75, 3.05) is 32.1 Å². The number of anilines is 1. The van der Waals surface area contributed by atoms with Gasteiger partial charge in [-0.3, -0.25) is 25.0 Å². The Labute approximate surface area is 216 Å². The normalized spacial score (nSPS) is 16.3. The number of nitro groups is 1. The van der Waals surface area contributed by atoms with E-state index in [4.69, 9.17) is 9.47 Å². The number of thiazole rings is 1. The van der Waals surface area contributed by atoms with Crippen LogP contribution in [0.3, 0.4) is 0 Å². The van der Waals surface area contributed by atoms with Crippen molar-refractivity contribution in [3.05, 3.63) is 52.1 Å². The summed E-state index contributed by atoms with van der Waals surface area (Å²) in [5, 5.41) is 14.0. The Morgan fingerprint density at radius 2 is 2.00 bits per heavy atom. The number of esters is 1. The average molecular weight is 549 g/mol. The van der Waals surface area contributed by atoms with Gasteiger partial charge in [-0.25, -0.2) is 13.4 Å². The van der Waals surface area contributed by atoms with Gasteiger partial charge in [-0.15, -0.1) is 0 Å². The second-order valence-corrected chi connectivity index (χ2v) is 11.2. The fourth-order valence-electron chi connectivity index (χ4n) is 4.01. The first kappa shape index (κ1) is 26.4. The van der Waals surface area contributed by atoms with Crippen LogP contribution in [0, 0.1) is 16.0 Å². The largest absolute Gasteiger partial charge is 0.494 e. The van der Waals surface area contributed by atoms with Crippen LogP contribution in [0.2, 0.25) is 0 Å². The summed E-state index contributed by atoms with van der Waals surface area (Å²) in [6.45, 7) is 2.27. The van der Waals surface area contributed by atoms with Crippen LogP contribution in [-0.2, 0) is 19.6 Å². The number of sulfonamides is 1. The maximum atomic E-state index is 13.1. The standard InChI is InChI=1S/C23H24N4O8S2/c1-3-35-22(29)15-5-4-10-26(13-15)37(32,33)17-8-6-14(7-9-17)21(28)25-23-24-20-18(34-2)11-16(27(30)31)12-19(20)36-23/h6-9,11-12,15H,3-5,10,13H2,1-2H3,(H,24,25,28). The van der Waals surface area contributed by atoms with Crippen LogP contribution in [-0.4, -0.2) is 61.3 Å². The van der Waals surface area contributed by atoms with Gasteiger partial charge in [-0.05, 0) is 44.0 Å². The highest BCUT2D eigenvalue weighted by atomic mass is 32.2. The molecule has 0 saturated carbocycles. The minimum atomic E-state index is -3.87. The van der Waals surface area contributed by atoms with Crippen LogP contribution in [0.15, 0.2) is 41.3 Å². The predicted octanol–water partition coefficient (Wildman–Crippen LogP) is 3.43. The molecule has 1 aromatic heterocycles. The number of nitrogens with one attached hydrogen (secondary N) is 1. The summed E-state index contributed by atoms with van der Waals surface area (Å²) in [6, 6.07) is 8.04. The van der Waals surface area contributed by atoms with E-state index in [9.17, 15) is 28.1 Å². The number of nitrogens with zero attached hydrogens (tertiary/aromatic N) is 3. The molecule has 196 valence electrons. The molecule has 4 rings (SSSR count). The molecule has 1 N–H and O–H groups in total. The van der Waals surface area contributed by atoms with Gasteiger partial charge in [-0.1, -0.05) is 11.3 Å². The zero-order valence-electron chi connectivity index (χ0n) is 20.0. The Hall–Kier alpha value is -3.62. The van der Waals surface area contributed by atoms with Crippen LogP contribution >= 0.6 is 11.3 Å². The maximum absolute atomic E-state index is 13.1. The predicted molar refractivity (Wildman–Crippen MR) is 135 cm³/mol. The molecule has 0 aliphatic carbocycles. The smallest absolute Gasteiger partial charge is 0.310 e. The van der Waals surface area contributed by atoms with Gasteiger partial charge in [-0.2, -0.15) is 4.31 Å². The lowest BCUT2D eigenvalue weighted by Crippen LogP contribution is -2.42. The Kier molecular flexibility index (Phi) is 7.71. The molecule has 0 spiro atoms. The summed E-state index contributed by atoms with van der Waals surface area (Å²) in [5.41, 5.74) is 0.404. The first-order valence-electron chi connectivity index (χ1n) is 11.3. The van der Waals surface area contributed by atoms with Crippen LogP contribution < -0.4 is 10.1 Å². The maximum Gasteiger partial charge on any atom is 0.310 e. The van der Waals surface area contributed by atoms with E-state index in [0.29, 0.717) is 29.6 Å². The number of amides is 1. The Bertz CT molecular complexity index is 1450. The first-order chi connectivity index (χ1) is 17.6. The van der Waals surface area contributed by atoms with E-state index in [-0.39, 0.29) is 40.2 Å². The summed E-state index contributed by atoms with van der Waals surface area (Å²) in [7, 11) is -2.50. The third-order valence-electron chi connectivity index (χ3n) is 5.85. The highest BCUT2D eigenvalue weighted by molar-refractivity contribution is 7.89. The van der Waals surface area contributed by atoms with E-state index in [1.165, 1.54) is 47.8 Å². The van der Waals surface area contributed by atoms with E-state index in [0.717, 1.165) is 11.3 Å². The summed E-state index contributed by atoms with van der Waals surface area (Å²) < 4.78 is 38.2. The number of nitro benzene ring substituents is 1. The van der Waals surface area contributed by atoms with Crippen molar-refractivity contribution >= 4 is 54.3 Å². The molecule has 1 saturated heterocycles. The summed E-state index contributed by atoms with van der Waals surface area (Å²) in [4.78, 5) is 39.8. The lowest BCUT2D eigenvalue weighted by Gasteiger charge is -2.30. The Balaban J connectivity index is 1.49. The molecule has 12 nitrogen and oxygen atoms in total. The summed E-state index contributed by atoms with van der Waals surface area (Å²) in [6.07, 6.45) is 1.11. The molecule has 1 aliphatic rings. The number of non-ortho nitro benzene ring substituents is 1. The highest BCUT2D eigenvalue weighted by Crippen LogP contribution is 2.36. The molecule has 1 amide bonds. The zero-order valence-corrected chi connectivity index (χ0v) is 21.6. The van der Waals surface area contributed by atoms with E-state index in [1.54, 1.807) is 6.92 Å². The second-order valence-electron chi connectivity index (χ2n) is 8.20. The molecule has 14 heteroatoms. The first-order valence-corrected chi connectivity index (χ1v) is 13.6. The van der Waals surface area contributed by atoms with Gasteiger partial charge in [0.05, 0.1) is 40.2 Å². The highest BCUT2D eigenvalue weighted by Gasteiger charge is 2.34. The molecule has 2 heterocycles. The number of carbonyl (C=O) groups is 2. The van der Waals surface area contributed by atoms with Crippen molar-refractivity contribution < 1.29 is 32.4 Å². The minimum absolute atomic E-state index is 0.00518. The van der Waals surface area contributed by atoms with Gasteiger partial charge in [0.15, 0.2) is 10.9 Å². The van der Waals surface area contributed by atoms with E-state index in [2.05, 4.69) is 10.3 Å². The van der Waals surface area contributed by atoms with Crippen molar-refractivity contribution in [3.63, 3.8) is 0 Å². The Morgan fingerprint density at radius 3 is 2.65 bits per heavy atom. The van der Waals surface area contributed by atoms with Gasteiger partial charge in [0.2, 0.25) is 10.0 Å². The lowest BCUT2D eigenvalue weighted by molar-refractivity contribution is -0.384. The molecule has 3 aromatic rings. The van der Waals surface area contributed by atoms with Crippen LogP contribution in [0.4, 0.5) is 10.8 Å². The van der Waals surface area contributed by atoms with Crippen molar-refractivity contribution in [2.45, 2.75) is 24.7 Å². The fourth-order valence-corrected chi connectivity index (χ4v) is 6.44. The van der Waals surface area contributed by atoms with E-state index < -0.39 is 32.7 Å². The van der Waals surface area contributed by atoms with Crippen molar-refractivity contribution in [1.29, 1.82) is 0 Å². The van der Waals surface area contributed by atoms with Gasteiger partial charge < -0.3 is 9.47 Å². The lowest BCUT2D eigenvalue weighted by atomic mass is 10.0. The number of rotatable bonds is 8. The molecule has 1 aliphatic heterocycles. The molecule has 0 bridgehead atoms. The molecule has 1 fully saturated rings. The van der Waals surface area contributed by atoms with Crippen molar-refractivity contribution in [3.8, 4) is 5.75 Å². The number of fused-ring (bicyclic) bond motifs is 1. The number of hydrogen-bond acceptors (Lipinski definition) is 10.